The summed E-state index contributed by atoms with van der Waals surface area (Å²) >= 11 is 0. The Kier molecular flexibility index (Phi) is 6.86. The first-order chi connectivity index (χ1) is 15.8. The summed E-state index contributed by atoms with van der Waals surface area (Å²) < 4.78 is 30.0. The van der Waals surface area contributed by atoms with E-state index in [9.17, 15) is 8.42 Å². The van der Waals surface area contributed by atoms with E-state index in [0.29, 0.717) is 18.7 Å². The van der Waals surface area contributed by atoms with Crippen LogP contribution in [0.25, 0.3) is 5.69 Å². The molecule has 11 nitrogen and oxygen atoms in total. The van der Waals surface area contributed by atoms with Crippen LogP contribution in [0.15, 0.2) is 42.9 Å². The number of piperazine rings is 1. The molecule has 1 aliphatic heterocycles. The molecule has 0 saturated carbocycles. The zero-order valence-electron chi connectivity index (χ0n) is 18.7. The smallest absolute Gasteiger partial charge is 0.212 e. The number of sulfonamides is 1. The standard InChI is InChI=1S/C21H28N8O3S/c1-16(33(22,30)31)10-17-4-3-5-21(24-17)28-8-6-27(7-9-28)14-18-15-29(26-25-18)19-11-20(32-2)13-23-12-19/h3-5,11-13,15-16H,6-10,14H2,1-2H3,(H2,22,30,31). The molecular weight excluding hydrogens is 444 g/mol. The Balaban J connectivity index is 1.33. The van der Waals surface area contributed by atoms with Crippen molar-refractivity contribution in [2.75, 3.05) is 38.2 Å². The van der Waals surface area contributed by atoms with E-state index in [4.69, 9.17) is 9.88 Å². The third-order valence-electron chi connectivity index (χ3n) is 5.67. The Bertz CT molecular complexity index is 1190. The molecule has 1 fully saturated rings. The molecular formula is C21H28N8O3S. The van der Waals surface area contributed by atoms with Gasteiger partial charge in [-0.25, -0.2) is 23.2 Å². The van der Waals surface area contributed by atoms with Crippen molar-refractivity contribution < 1.29 is 13.2 Å². The van der Waals surface area contributed by atoms with Gasteiger partial charge >= 0.3 is 0 Å². The van der Waals surface area contributed by atoms with Crippen molar-refractivity contribution in [3.63, 3.8) is 0 Å². The summed E-state index contributed by atoms with van der Waals surface area (Å²) in [5.74, 6) is 1.52. The minimum Gasteiger partial charge on any atom is -0.495 e. The number of anilines is 1. The summed E-state index contributed by atoms with van der Waals surface area (Å²) in [6, 6.07) is 7.55. The maximum absolute atomic E-state index is 11.5. The molecule has 3 aromatic rings. The zero-order valence-corrected chi connectivity index (χ0v) is 19.5. The van der Waals surface area contributed by atoms with E-state index >= 15 is 0 Å². The highest BCUT2D eigenvalue weighted by Gasteiger charge is 2.21. The van der Waals surface area contributed by atoms with Gasteiger partial charge in [-0.2, -0.15) is 0 Å². The van der Waals surface area contributed by atoms with Gasteiger partial charge in [-0.15, -0.1) is 5.10 Å². The Morgan fingerprint density at radius 3 is 2.67 bits per heavy atom. The molecule has 0 aliphatic carbocycles. The summed E-state index contributed by atoms with van der Waals surface area (Å²) in [5.41, 5.74) is 2.39. The van der Waals surface area contributed by atoms with Crippen LogP contribution in [-0.2, 0) is 23.0 Å². The summed E-state index contributed by atoms with van der Waals surface area (Å²) in [4.78, 5) is 13.3. The first kappa shape index (κ1) is 23.1. The van der Waals surface area contributed by atoms with Gasteiger partial charge < -0.3 is 9.64 Å². The van der Waals surface area contributed by atoms with Crippen molar-refractivity contribution in [1.29, 1.82) is 0 Å². The van der Waals surface area contributed by atoms with E-state index in [2.05, 4.69) is 30.1 Å². The topological polar surface area (TPSA) is 132 Å². The predicted molar refractivity (Wildman–Crippen MR) is 124 cm³/mol. The highest BCUT2D eigenvalue weighted by molar-refractivity contribution is 7.89. The number of hydrogen-bond acceptors (Lipinski definition) is 9. The van der Waals surface area contributed by atoms with Gasteiger partial charge in [0.05, 0.1) is 42.3 Å². The summed E-state index contributed by atoms with van der Waals surface area (Å²) in [6.45, 7) is 5.64. The molecule has 1 unspecified atom stereocenters. The summed E-state index contributed by atoms with van der Waals surface area (Å²) in [6.07, 6.45) is 5.56. The number of nitrogens with two attached hydrogens (primary N) is 1. The van der Waals surface area contributed by atoms with E-state index in [1.807, 2.05) is 30.5 Å². The fourth-order valence-electron chi connectivity index (χ4n) is 3.67. The lowest BCUT2D eigenvalue weighted by Crippen LogP contribution is -2.46. The van der Waals surface area contributed by atoms with Gasteiger partial charge in [0.15, 0.2) is 0 Å². The van der Waals surface area contributed by atoms with Gasteiger partial charge in [0.2, 0.25) is 10.0 Å². The number of hydrogen-bond donors (Lipinski definition) is 1. The number of ether oxygens (including phenoxy) is 1. The maximum atomic E-state index is 11.5. The number of methoxy groups -OCH3 is 1. The minimum absolute atomic E-state index is 0.297. The van der Waals surface area contributed by atoms with E-state index in [-0.39, 0.29) is 0 Å². The average Bonchev–Trinajstić information content (AvgIpc) is 3.28. The third kappa shape index (κ3) is 5.83. The van der Waals surface area contributed by atoms with Crippen LogP contribution in [0.5, 0.6) is 5.75 Å². The molecule has 0 spiro atoms. The van der Waals surface area contributed by atoms with Crippen molar-refractivity contribution in [3.05, 3.63) is 54.2 Å². The molecule has 0 aromatic carbocycles. The van der Waals surface area contributed by atoms with Gasteiger partial charge in [0.25, 0.3) is 0 Å². The largest absolute Gasteiger partial charge is 0.495 e. The molecule has 1 aliphatic rings. The summed E-state index contributed by atoms with van der Waals surface area (Å²) in [5, 5.41) is 13.1. The predicted octanol–water partition coefficient (Wildman–Crippen LogP) is 0.608. The Hall–Kier alpha value is -3.09. The van der Waals surface area contributed by atoms with E-state index in [1.54, 1.807) is 31.1 Å². The van der Waals surface area contributed by atoms with Crippen molar-refractivity contribution in [2.24, 2.45) is 5.14 Å². The summed E-state index contributed by atoms with van der Waals surface area (Å²) in [7, 11) is -1.98. The molecule has 2 N–H and O–H groups in total. The monoisotopic (exact) mass is 472 g/mol. The quantitative estimate of drug-likeness (QED) is 0.500. The van der Waals surface area contributed by atoms with E-state index in [1.165, 1.54) is 0 Å². The van der Waals surface area contributed by atoms with Crippen LogP contribution in [0.2, 0.25) is 0 Å². The van der Waals surface area contributed by atoms with Gasteiger partial charge in [-0.1, -0.05) is 11.3 Å². The first-order valence-electron chi connectivity index (χ1n) is 10.7. The molecule has 0 amide bonds. The normalized spacial score (nSPS) is 16.0. The fourth-order valence-corrected chi connectivity index (χ4v) is 4.08. The van der Waals surface area contributed by atoms with E-state index < -0.39 is 15.3 Å². The van der Waals surface area contributed by atoms with Crippen LogP contribution in [0.3, 0.4) is 0 Å². The van der Waals surface area contributed by atoms with Crippen LogP contribution in [0.4, 0.5) is 5.82 Å². The SMILES string of the molecule is COc1cncc(-n2cc(CN3CCN(c4cccc(CC(C)S(N)(=O)=O)n4)CC3)nn2)c1. The Morgan fingerprint density at radius 2 is 1.94 bits per heavy atom. The number of primary sulfonamides is 1. The molecule has 1 saturated heterocycles. The second-order valence-corrected chi connectivity index (χ2v) is 10.1. The third-order valence-corrected chi connectivity index (χ3v) is 6.96. The van der Waals surface area contributed by atoms with Crippen LogP contribution >= 0.6 is 0 Å². The fraction of sp³-hybridized carbons (Fsp3) is 0.429. The second-order valence-electron chi connectivity index (χ2n) is 8.09. The van der Waals surface area contributed by atoms with Crippen molar-refractivity contribution in [1.82, 2.24) is 29.9 Å². The second kappa shape index (κ2) is 9.81. The van der Waals surface area contributed by atoms with Crippen LogP contribution in [0.1, 0.15) is 18.3 Å². The first-order valence-corrected chi connectivity index (χ1v) is 12.3. The Labute approximate surface area is 193 Å². The van der Waals surface area contributed by atoms with Crippen molar-refractivity contribution in [2.45, 2.75) is 25.1 Å². The lowest BCUT2D eigenvalue weighted by atomic mass is 10.2. The molecule has 4 rings (SSSR count). The average molecular weight is 473 g/mol. The van der Waals surface area contributed by atoms with Crippen LogP contribution in [-0.4, -0.2) is 76.8 Å². The number of pyridine rings is 2. The maximum Gasteiger partial charge on any atom is 0.212 e. The number of aromatic nitrogens is 5. The van der Waals surface area contributed by atoms with E-state index in [0.717, 1.165) is 49.1 Å². The molecule has 176 valence electrons. The molecule has 33 heavy (non-hydrogen) atoms. The zero-order chi connectivity index (χ0) is 23.4. The highest BCUT2D eigenvalue weighted by Crippen LogP contribution is 2.18. The van der Waals surface area contributed by atoms with Crippen molar-refractivity contribution in [3.8, 4) is 11.4 Å². The highest BCUT2D eigenvalue weighted by atomic mass is 32.2. The molecule has 0 radical (unpaired) electrons. The van der Waals surface area contributed by atoms with Crippen LogP contribution in [0, 0.1) is 0 Å². The lowest BCUT2D eigenvalue weighted by Gasteiger charge is -2.35. The van der Waals surface area contributed by atoms with Gasteiger partial charge in [-0.05, 0) is 19.1 Å². The molecule has 3 aromatic heterocycles. The van der Waals surface area contributed by atoms with Gasteiger partial charge in [0.1, 0.15) is 11.6 Å². The number of rotatable bonds is 8. The Morgan fingerprint density at radius 1 is 1.15 bits per heavy atom. The van der Waals surface area contributed by atoms with Crippen molar-refractivity contribution >= 4 is 15.8 Å². The molecule has 12 heteroatoms. The van der Waals surface area contributed by atoms with Gasteiger partial charge in [0, 0.05) is 50.9 Å². The minimum atomic E-state index is -3.58. The molecule has 0 bridgehead atoms. The van der Waals surface area contributed by atoms with Gasteiger partial charge in [-0.3, -0.25) is 9.88 Å². The van der Waals surface area contributed by atoms with Crippen LogP contribution < -0.4 is 14.8 Å². The molecule has 4 heterocycles. The number of nitrogens with zero attached hydrogens (tertiary/aromatic N) is 7. The molecule has 1 atom stereocenters. The lowest BCUT2D eigenvalue weighted by molar-refractivity contribution is 0.246.